The fraction of sp³-hybridized carbons (Fsp3) is 0.875. The highest BCUT2D eigenvalue weighted by Crippen LogP contribution is 2.39. The van der Waals surface area contributed by atoms with Gasteiger partial charge in [0.2, 0.25) is 0 Å². The molecule has 0 bridgehead atoms. The highest BCUT2D eigenvalue weighted by Gasteiger charge is 2.50. The zero-order valence-corrected chi connectivity index (χ0v) is 13.0. The first-order valence-corrected chi connectivity index (χ1v) is 7.73. The summed E-state index contributed by atoms with van der Waals surface area (Å²) in [5.41, 5.74) is -0.528. The molecule has 114 valence electrons. The van der Waals surface area contributed by atoms with Crippen molar-refractivity contribution in [2.75, 3.05) is 0 Å². The monoisotopic (exact) mass is 282 g/mol. The SMILES string of the molecule is C[C@@H]1C(=O)O[C@H](C2CCCCC2)[C@@H]1C(=O)OC(C)(C)C. The van der Waals surface area contributed by atoms with Crippen molar-refractivity contribution in [3.63, 3.8) is 0 Å². The van der Waals surface area contributed by atoms with Gasteiger partial charge in [0.25, 0.3) is 0 Å². The first-order valence-electron chi connectivity index (χ1n) is 7.73. The first-order chi connectivity index (χ1) is 9.29. The second-order valence-corrected chi connectivity index (χ2v) is 7.15. The fourth-order valence-corrected chi connectivity index (χ4v) is 3.31. The third-order valence-corrected chi connectivity index (χ3v) is 4.31. The van der Waals surface area contributed by atoms with Crippen molar-refractivity contribution in [2.24, 2.45) is 17.8 Å². The summed E-state index contributed by atoms with van der Waals surface area (Å²) in [7, 11) is 0. The zero-order valence-electron chi connectivity index (χ0n) is 13.0. The van der Waals surface area contributed by atoms with Gasteiger partial charge in [-0.25, -0.2) is 0 Å². The lowest BCUT2D eigenvalue weighted by molar-refractivity contribution is -0.164. The lowest BCUT2D eigenvalue weighted by Gasteiger charge is -2.31. The molecule has 0 radical (unpaired) electrons. The summed E-state index contributed by atoms with van der Waals surface area (Å²) in [6.07, 6.45) is 5.37. The van der Waals surface area contributed by atoms with Crippen LogP contribution in [-0.4, -0.2) is 23.6 Å². The molecule has 1 saturated carbocycles. The summed E-state index contributed by atoms with van der Waals surface area (Å²) in [5.74, 6) is -1.06. The van der Waals surface area contributed by atoms with Crippen LogP contribution >= 0.6 is 0 Å². The third kappa shape index (κ3) is 3.33. The van der Waals surface area contributed by atoms with Crippen LogP contribution in [0.25, 0.3) is 0 Å². The summed E-state index contributed by atoms with van der Waals surface area (Å²) in [6.45, 7) is 7.33. The zero-order chi connectivity index (χ0) is 14.9. The Hall–Kier alpha value is -1.06. The molecule has 0 aromatic carbocycles. The number of esters is 2. The lowest BCUT2D eigenvalue weighted by Crippen LogP contribution is -2.38. The lowest BCUT2D eigenvalue weighted by atomic mass is 9.78. The topological polar surface area (TPSA) is 52.6 Å². The molecule has 1 heterocycles. The second-order valence-electron chi connectivity index (χ2n) is 7.15. The van der Waals surface area contributed by atoms with E-state index in [1.807, 2.05) is 20.8 Å². The molecular formula is C16H26O4. The number of rotatable bonds is 2. The number of cyclic esters (lactones) is 1. The van der Waals surface area contributed by atoms with E-state index in [0.29, 0.717) is 5.92 Å². The molecule has 1 aliphatic heterocycles. The summed E-state index contributed by atoms with van der Waals surface area (Å²) in [4.78, 5) is 24.3. The van der Waals surface area contributed by atoms with E-state index in [-0.39, 0.29) is 18.0 Å². The van der Waals surface area contributed by atoms with E-state index in [1.54, 1.807) is 6.92 Å². The van der Waals surface area contributed by atoms with Crippen LogP contribution in [-0.2, 0) is 19.1 Å². The van der Waals surface area contributed by atoms with Crippen LogP contribution in [0.1, 0.15) is 59.8 Å². The Morgan fingerprint density at radius 1 is 1.20 bits per heavy atom. The number of hydrogen-bond acceptors (Lipinski definition) is 4. The molecule has 3 atom stereocenters. The highest BCUT2D eigenvalue weighted by atomic mass is 16.6. The third-order valence-electron chi connectivity index (χ3n) is 4.31. The molecule has 0 aromatic heterocycles. The van der Waals surface area contributed by atoms with E-state index >= 15 is 0 Å². The number of carbonyl (C=O) groups excluding carboxylic acids is 2. The van der Waals surface area contributed by atoms with Gasteiger partial charge in [0.05, 0.1) is 5.92 Å². The molecule has 2 rings (SSSR count). The van der Waals surface area contributed by atoms with Gasteiger partial charge in [-0.2, -0.15) is 0 Å². The molecule has 2 fully saturated rings. The van der Waals surface area contributed by atoms with E-state index in [1.165, 1.54) is 6.42 Å². The van der Waals surface area contributed by atoms with Crippen LogP contribution in [0.5, 0.6) is 0 Å². The molecular weight excluding hydrogens is 256 g/mol. The van der Waals surface area contributed by atoms with E-state index in [4.69, 9.17) is 9.47 Å². The molecule has 1 aliphatic carbocycles. The largest absolute Gasteiger partial charge is 0.461 e. The Bertz CT molecular complexity index is 376. The Balaban J connectivity index is 2.13. The van der Waals surface area contributed by atoms with Gasteiger partial charge in [0, 0.05) is 0 Å². The molecule has 2 aliphatic rings. The van der Waals surface area contributed by atoms with Gasteiger partial charge in [0.15, 0.2) is 0 Å². The van der Waals surface area contributed by atoms with Gasteiger partial charge in [-0.1, -0.05) is 26.2 Å². The molecule has 0 unspecified atom stereocenters. The molecule has 0 amide bonds. The standard InChI is InChI=1S/C16H26O4/c1-10-12(15(18)20-16(2,3)4)13(19-14(10)17)11-8-6-5-7-9-11/h10-13H,5-9H2,1-4H3/t10-,12+,13+/m0/s1. The summed E-state index contributed by atoms with van der Waals surface area (Å²) in [6, 6.07) is 0. The quantitative estimate of drug-likeness (QED) is 0.730. The van der Waals surface area contributed by atoms with Crippen molar-refractivity contribution in [1.82, 2.24) is 0 Å². The predicted molar refractivity (Wildman–Crippen MR) is 75.0 cm³/mol. The minimum absolute atomic E-state index is 0.253. The van der Waals surface area contributed by atoms with Gasteiger partial charge in [-0.3, -0.25) is 9.59 Å². The normalized spacial score (nSPS) is 32.0. The fourth-order valence-electron chi connectivity index (χ4n) is 3.31. The minimum atomic E-state index is -0.528. The Labute approximate surface area is 121 Å². The van der Waals surface area contributed by atoms with E-state index < -0.39 is 17.4 Å². The maximum atomic E-state index is 12.4. The van der Waals surface area contributed by atoms with Crippen LogP contribution in [0, 0.1) is 17.8 Å². The average Bonchev–Trinajstić information content (AvgIpc) is 2.65. The van der Waals surface area contributed by atoms with Gasteiger partial charge >= 0.3 is 11.9 Å². The van der Waals surface area contributed by atoms with Crippen LogP contribution in [0.15, 0.2) is 0 Å². The first kappa shape index (κ1) is 15.3. The van der Waals surface area contributed by atoms with Gasteiger partial charge in [0.1, 0.15) is 17.6 Å². The molecule has 1 saturated heterocycles. The molecule has 0 N–H and O–H groups in total. The minimum Gasteiger partial charge on any atom is -0.461 e. The maximum Gasteiger partial charge on any atom is 0.314 e. The van der Waals surface area contributed by atoms with E-state index in [9.17, 15) is 9.59 Å². The van der Waals surface area contributed by atoms with Crippen LogP contribution < -0.4 is 0 Å². The summed E-state index contributed by atoms with van der Waals surface area (Å²) in [5, 5.41) is 0. The van der Waals surface area contributed by atoms with Crippen molar-refractivity contribution in [3.8, 4) is 0 Å². The van der Waals surface area contributed by atoms with Gasteiger partial charge < -0.3 is 9.47 Å². The Morgan fingerprint density at radius 3 is 2.35 bits per heavy atom. The summed E-state index contributed by atoms with van der Waals surface area (Å²) >= 11 is 0. The van der Waals surface area contributed by atoms with Gasteiger partial charge in [-0.05, 0) is 39.5 Å². The average molecular weight is 282 g/mol. The Kier molecular flexibility index (Phi) is 4.40. The second kappa shape index (κ2) is 5.74. The van der Waals surface area contributed by atoms with Gasteiger partial charge in [-0.15, -0.1) is 0 Å². The summed E-state index contributed by atoms with van der Waals surface area (Å²) < 4.78 is 11.0. The molecule has 0 spiro atoms. The number of hydrogen-bond donors (Lipinski definition) is 0. The van der Waals surface area contributed by atoms with Crippen LogP contribution in [0.3, 0.4) is 0 Å². The number of carbonyl (C=O) groups is 2. The van der Waals surface area contributed by atoms with Crippen molar-refractivity contribution < 1.29 is 19.1 Å². The molecule has 20 heavy (non-hydrogen) atoms. The van der Waals surface area contributed by atoms with Crippen molar-refractivity contribution in [2.45, 2.75) is 71.5 Å². The van der Waals surface area contributed by atoms with Crippen LogP contribution in [0.2, 0.25) is 0 Å². The smallest absolute Gasteiger partial charge is 0.314 e. The Morgan fingerprint density at radius 2 is 1.80 bits per heavy atom. The maximum absolute atomic E-state index is 12.4. The molecule has 4 heteroatoms. The molecule has 4 nitrogen and oxygen atoms in total. The van der Waals surface area contributed by atoms with Crippen molar-refractivity contribution in [1.29, 1.82) is 0 Å². The van der Waals surface area contributed by atoms with Crippen molar-refractivity contribution >= 4 is 11.9 Å². The van der Waals surface area contributed by atoms with Crippen LogP contribution in [0.4, 0.5) is 0 Å². The predicted octanol–water partition coefficient (Wildman–Crippen LogP) is 3.09. The van der Waals surface area contributed by atoms with Crippen molar-refractivity contribution in [3.05, 3.63) is 0 Å². The highest BCUT2D eigenvalue weighted by molar-refractivity contribution is 5.85. The number of ether oxygens (including phenoxy) is 2. The van der Waals surface area contributed by atoms with E-state index in [0.717, 1.165) is 25.7 Å². The van der Waals surface area contributed by atoms with E-state index in [2.05, 4.69) is 0 Å². The molecule has 0 aromatic rings.